The third kappa shape index (κ3) is 3.48. The molecule has 0 heterocycles. The topological polar surface area (TPSA) is 29.3 Å². The van der Waals surface area contributed by atoms with E-state index in [9.17, 15) is 0 Å². The van der Waals surface area contributed by atoms with E-state index in [0.29, 0.717) is 11.5 Å². The molecular weight excluding hydrogens is 220 g/mol. The Labute approximate surface area is 114 Å². The molecule has 18 heavy (non-hydrogen) atoms. The lowest BCUT2D eigenvalue weighted by atomic mass is 9.81. The molecule has 3 unspecified atom stereocenters. The van der Waals surface area contributed by atoms with Crippen LogP contribution >= 0.6 is 0 Å². The molecule has 0 aromatic rings. The van der Waals surface area contributed by atoms with E-state index in [1.165, 1.54) is 32.1 Å². The van der Waals surface area contributed by atoms with E-state index in [0.717, 1.165) is 12.5 Å². The molecule has 0 radical (unpaired) electrons. The number of nitrogens with two attached hydrogens (primary N) is 1. The highest BCUT2D eigenvalue weighted by atomic mass is 15.2. The normalized spacial score (nSPS) is 32.3. The van der Waals surface area contributed by atoms with Crippen molar-refractivity contribution < 1.29 is 0 Å². The van der Waals surface area contributed by atoms with Gasteiger partial charge < -0.3 is 5.73 Å². The van der Waals surface area contributed by atoms with Crippen molar-refractivity contribution >= 4 is 0 Å². The van der Waals surface area contributed by atoms with Crippen LogP contribution in [0.2, 0.25) is 0 Å². The van der Waals surface area contributed by atoms with Gasteiger partial charge in [-0.05, 0) is 44.6 Å². The van der Waals surface area contributed by atoms with Crippen molar-refractivity contribution in [2.75, 3.05) is 13.6 Å². The molecule has 2 heteroatoms. The molecule has 2 nitrogen and oxygen atoms in total. The summed E-state index contributed by atoms with van der Waals surface area (Å²) in [6, 6.07) is 0.564. The van der Waals surface area contributed by atoms with Crippen LogP contribution in [0.1, 0.15) is 66.7 Å². The minimum Gasteiger partial charge on any atom is -0.329 e. The van der Waals surface area contributed by atoms with Crippen LogP contribution in [-0.4, -0.2) is 30.1 Å². The van der Waals surface area contributed by atoms with Crippen LogP contribution in [0.25, 0.3) is 0 Å². The Balaban J connectivity index is 2.86. The summed E-state index contributed by atoms with van der Waals surface area (Å²) in [7, 11) is 2.29. The molecule has 1 fully saturated rings. The fraction of sp³-hybridized carbons (Fsp3) is 1.00. The molecular formula is C16H34N2. The molecule has 0 aliphatic heterocycles. The SMILES string of the molecule is CC1CCCC(CN)(N(C)C(C)C(C)(C)C)CC1. The molecule has 1 rings (SSSR count). The summed E-state index contributed by atoms with van der Waals surface area (Å²) in [5.74, 6) is 0.872. The largest absolute Gasteiger partial charge is 0.329 e. The smallest absolute Gasteiger partial charge is 0.0331 e. The quantitative estimate of drug-likeness (QED) is 0.779. The van der Waals surface area contributed by atoms with E-state index >= 15 is 0 Å². The van der Waals surface area contributed by atoms with E-state index in [1.54, 1.807) is 0 Å². The van der Waals surface area contributed by atoms with Crippen molar-refractivity contribution in [3.05, 3.63) is 0 Å². The summed E-state index contributed by atoms with van der Waals surface area (Å²) in [5, 5.41) is 0. The summed E-state index contributed by atoms with van der Waals surface area (Å²) in [5.41, 5.74) is 6.74. The van der Waals surface area contributed by atoms with Crippen LogP contribution in [0.15, 0.2) is 0 Å². The fourth-order valence-electron chi connectivity index (χ4n) is 3.26. The first-order chi connectivity index (χ1) is 8.23. The van der Waals surface area contributed by atoms with Gasteiger partial charge >= 0.3 is 0 Å². The second kappa shape index (κ2) is 5.92. The first kappa shape index (κ1) is 16.0. The van der Waals surface area contributed by atoms with Crippen LogP contribution in [-0.2, 0) is 0 Å². The van der Waals surface area contributed by atoms with Gasteiger partial charge in [0.2, 0.25) is 0 Å². The van der Waals surface area contributed by atoms with E-state index in [1.807, 2.05) is 0 Å². The molecule has 108 valence electrons. The number of likely N-dealkylation sites (N-methyl/N-ethyl adjacent to an activating group) is 1. The van der Waals surface area contributed by atoms with Crippen LogP contribution in [0.5, 0.6) is 0 Å². The molecule has 1 aliphatic rings. The number of nitrogens with zero attached hydrogens (tertiary/aromatic N) is 1. The first-order valence-corrected chi connectivity index (χ1v) is 7.66. The summed E-state index contributed by atoms with van der Waals surface area (Å²) in [6.45, 7) is 12.5. The Morgan fingerprint density at radius 2 is 1.89 bits per heavy atom. The Morgan fingerprint density at radius 3 is 2.39 bits per heavy atom. The molecule has 0 aromatic carbocycles. The zero-order valence-electron chi connectivity index (χ0n) is 13.4. The van der Waals surface area contributed by atoms with Gasteiger partial charge in [0.25, 0.3) is 0 Å². The van der Waals surface area contributed by atoms with Gasteiger partial charge in [-0.15, -0.1) is 0 Å². The predicted molar refractivity (Wildman–Crippen MR) is 80.7 cm³/mol. The number of rotatable bonds is 3. The second-order valence-corrected chi connectivity index (χ2v) is 7.62. The Hall–Kier alpha value is -0.0800. The van der Waals surface area contributed by atoms with Crippen molar-refractivity contribution in [3.8, 4) is 0 Å². The van der Waals surface area contributed by atoms with Gasteiger partial charge in [-0.3, -0.25) is 4.90 Å². The third-order valence-electron chi connectivity index (χ3n) is 5.40. The van der Waals surface area contributed by atoms with Gasteiger partial charge in [0.15, 0.2) is 0 Å². The molecule has 1 aliphatic carbocycles. The molecule has 2 N–H and O–H groups in total. The van der Waals surface area contributed by atoms with Crippen LogP contribution in [0, 0.1) is 11.3 Å². The minimum atomic E-state index is 0.234. The zero-order chi connectivity index (χ0) is 14.0. The highest BCUT2D eigenvalue weighted by Gasteiger charge is 2.39. The maximum absolute atomic E-state index is 6.19. The first-order valence-electron chi connectivity index (χ1n) is 7.66. The Bertz CT molecular complexity index is 256. The second-order valence-electron chi connectivity index (χ2n) is 7.62. The van der Waals surface area contributed by atoms with E-state index < -0.39 is 0 Å². The van der Waals surface area contributed by atoms with Gasteiger partial charge in [-0.1, -0.05) is 40.5 Å². The lowest BCUT2D eigenvalue weighted by Gasteiger charge is -2.48. The lowest BCUT2D eigenvalue weighted by molar-refractivity contribution is 0.0208. The number of hydrogen-bond donors (Lipinski definition) is 1. The molecule has 0 spiro atoms. The van der Waals surface area contributed by atoms with Crippen molar-refractivity contribution in [2.45, 2.75) is 78.3 Å². The van der Waals surface area contributed by atoms with Crippen molar-refractivity contribution in [3.63, 3.8) is 0 Å². The average Bonchev–Trinajstić information content (AvgIpc) is 2.49. The highest BCUT2D eigenvalue weighted by Crippen LogP contribution is 2.37. The van der Waals surface area contributed by atoms with Gasteiger partial charge in [0.05, 0.1) is 0 Å². The van der Waals surface area contributed by atoms with Crippen LogP contribution < -0.4 is 5.73 Å². The monoisotopic (exact) mass is 254 g/mol. The van der Waals surface area contributed by atoms with Crippen molar-refractivity contribution in [1.82, 2.24) is 4.90 Å². The van der Waals surface area contributed by atoms with Gasteiger partial charge in [0.1, 0.15) is 0 Å². The Morgan fingerprint density at radius 1 is 1.28 bits per heavy atom. The third-order valence-corrected chi connectivity index (χ3v) is 5.40. The van der Waals surface area contributed by atoms with Crippen molar-refractivity contribution in [1.29, 1.82) is 0 Å². The van der Waals surface area contributed by atoms with Gasteiger partial charge in [-0.25, -0.2) is 0 Å². The van der Waals surface area contributed by atoms with Gasteiger partial charge in [0, 0.05) is 18.1 Å². The fourth-order valence-corrected chi connectivity index (χ4v) is 3.26. The number of hydrogen-bond acceptors (Lipinski definition) is 2. The molecule has 0 bridgehead atoms. The van der Waals surface area contributed by atoms with Crippen LogP contribution in [0.3, 0.4) is 0 Å². The molecule has 0 saturated heterocycles. The van der Waals surface area contributed by atoms with E-state index in [2.05, 4.69) is 46.6 Å². The highest BCUT2D eigenvalue weighted by molar-refractivity contribution is 4.96. The summed E-state index contributed by atoms with van der Waals surface area (Å²) < 4.78 is 0. The molecule has 3 atom stereocenters. The molecule has 0 amide bonds. The average molecular weight is 254 g/mol. The van der Waals surface area contributed by atoms with Gasteiger partial charge in [-0.2, -0.15) is 0 Å². The standard InChI is InChI=1S/C16H34N2/c1-13-8-7-10-16(12-17,11-9-13)18(6)14(2)15(3,4)5/h13-14H,7-12,17H2,1-6H3. The molecule has 1 saturated carbocycles. The van der Waals surface area contributed by atoms with Crippen molar-refractivity contribution in [2.24, 2.45) is 17.1 Å². The Kier molecular flexibility index (Phi) is 5.25. The predicted octanol–water partition coefficient (Wildman–Crippen LogP) is 3.65. The maximum Gasteiger partial charge on any atom is 0.0331 e. The summed E-state index contributed by atoms with van der Waals surface area (Å²) >= 11 is 0. The zero-order valence-corrected chi connectivity index (χ0v) is 13.4. The van der Waals surface area contributed by atoms with E-state index in [-0.39, 0.29) is 5.54 Å². The van der Waals surface area contributed by atoms with E-state index in [4.69, 9.17) is 5.73 Å². The maximum atomic E-state index is 6.19. The summed E-state index contributed by atoms with van der Waals surface area (Å²) in [6.07, 6.45) is 6.57. The minimum absolute atomic E-state index is 0.234. The molecule has 0 aromatic heterocycles. The van der Waals surface area contributed by atoms with Crippen LogP contribution in [0.4, 0.5) is 0 Å². The summed E-state index contributed by atoms with van der Waals surface area (Å²) in [4.78, 5) is 2.59. The lowest BCUT2D eigenvalue weighted by Crippen LogP contribution is -2.57.